The summed E-state index contributed by atoms with van der Waals surface area (Å²) in [5.41, 5.74) is 7.81. The molecule has 0 saturated heterocycles. The van der Waals surface area contributed by atoms with Gasteiger partial charge in [0.05, 0.1) is 15.6 Å². The second-order valence-corrected chi connectivity index (χ2v) is 9.98. The second-order valence-electron chi connectivity index (χ2n) is 8.06. The molecule has 0 spiro atoms. The van der Waals surface area contributed by atoms with E-state index in [1.54, 1.807) is 18.2 Å². The number of nitrogens with one attached hydrogen (secondary N) is 2. The van der Waals surface area contributed by atoms with Crippen molar-refractivity contribution in [3.63, 3.8) is 0 Å². The molecule has 1 aromatic heterocycles. The lowest BCUT2D eigenvalue weighted by atomic mass is 9.69. The van der Waals surface area contributed by atoms with Gasteiger partial charge in [0.1, 0.15) is 5.00 Å². The van der Waals surface area contributed by atoms with Crippen LogP contribution in [0.15, 0.2) is 18.2 Å². The molecule has 4 N–H and O–H groups in total. The quantitative estimate of drug-likeness (QED) is 0.493. The van der Waals surface area contributed by atoms with Crippen LogP contribution < -0.4 is 16.4 Å². The number of rotatable bonds is 5. The van der Waals surface area contributed by atoms with Crippen LogP contribution in [0.1, 0.15) is 54.4 Å². The number of halogens is 2. The van der Waals surface area contributed by atoms with Gasteiger partial charge in [-0.2, -0.15) is 0 Å². The minimum Gasteiger partial charge on any atom is -0.365 e. The van der Waals surface area contributed by atoms with E-state index in [2.05, 4.69) is 31.4 Å². The number of hydrogen-bond donors (Lipinski definition) is 3. The van der Waals surface area contributed by atoms with Gasteiger partial charge < -0.3 is 11.1 Å². The van der Waals surface area contributed by atoms with Crippen LogP contribution in [0, 0.1) is 11.3 Å². The second kappa shape index (κ2) is 8.54. The van der Waals surface area contributed by atoms with Gasteiger partial charge >= 0.3 is 6.03 Å². The van der Waals surface area contributed by atoms with Crippen molar-refractivity contribution in [2.45, 2.75) is 46.5 Å². The van der Waals surface area contributed by atoms with Crippen molar-refractivity contribution in [1.82, 2.24) is 0 Å². The van der Waals surface area contributed by atoms with Crippen LogP contribution in [0.3, 0.4) is 0 Å². The van der Waals surface area contributed by atoms with Crippen molar-refractivity contribution in [2.75, 3.05) is 10.6 Å². The fourth-order valence-electron chi connectivity index (χ4n) is 3.73. The van der Waals surface area contributed by atoms with E-state index in [9.17, 15) is 9.59 Å². The molecule has 0 saturated carbocycles. The Labute approximate surface area is 185 Å². The predicted molar refractivity (Wildman–Crippen MR) is 122 cm³/mol. The summed E-state index contributed by atoms with van der Waals surface area (Å²) >= 11 is 13.3. The number of thiophene rings is 1. The molecule has 2 aromatic rings. The van der Waals surface area contributed by atoms with Gasteiger partial charge in [-0.3, -0.25) is 10.1 Å². The molecule has 1 unspecified atom stereocenters. The Bertz CT molecular complexity index is 956. The molecule has 3 amide bonds. The lowest BCUT2D eigenvalue weighted by Gasteiger charge is -2.36. The molecule has 0 aliphatic heterocycles. The Morgan fingerprint density at radius 3 is 2.59 bits per heavy atom. The van der Waals surface area contributed by atoms with E-state index >= 15 is 0 Å². The number of carbonyl (C=O) groups excluding carboxylic acids is 2. The number of amides is 3. The fraction of sp³-hybridized carbons (Fsp3) is 0.429. The van der Waals surface area contributed by atoms with Crippen molar-refractivity contribution < 1.29 is 9.59 Å². The number of primary amides is 1. The number of fused-ring (bicyclic) bond motifs is 1. The molecule has 1 atom stereocenters. The lowest BCUT2D eigenvalue weighted by Crippen LogP contribution is -2.29. The molecule has 1 aromatic carbocycles. The maximum Gasteiger partial charge on any atom is 0.324 e. The van der Waals surface area contributed by atoms with Gasteiger partial charge in [-0.1, -0.05) is 50.4 Å². The van der Waals surface area contributed by atoms with Gasteiger partial charge in [0.15, 0.2) is 0 Å². The summed E-state index contributed by atoms with van der Waals surface area (Å²) in [6, 6.07) is 4.36. The van der Waals surface area contributed by atoms with Crippen molar-refractivity contribution >= 4 is 57.2 Å². The van der Waals surface area contributed by atoms with Crippen LogP contribution >= 0.6 is 34.5 Å². The zero-order valence-electron chi connectivity index (χ0n) is 16.7. The summed E-state index contributed by atoms with van der Waals surface area (Å²) in [6.45, 7) is 6.78. The molecular formula is C21H25Cl2N3O2S. The first kappa shape index (κ1) is 21.9. The zero-order valence-corrected chi connectivity index (χ0v) is 19.0. The molecule has 1 aliphatic carbocycles. The summed E-state index contributed by atoms with van der Waals surface area (Å²) in [6.07, 6.45) is 3.81. The van der Waals surface area contributed by atoms with Gasteiger partial charge in [0, 0.05) is 10.6 Å². The van der Waals surface area contributed by atoms with Crippen molar-refractivity contribution in [3.05, 3.63) is 44.2 Å². The monoisotopic (exact) mass is 453 g/mol. The first-order valence-electron chi connectivity index (χ1n) is 9.59. The Hall–Kier alpha value is -1.76. The Morgan fingerprint density at radius 2 is 1.97 bits per heavy atom. The van der Waals surface area contributed by atoms with Crippen LogP contribution in [-0.2, 0) is 12.8 Å². The molecule has 0 radical (unpaired) electrons. The Balaban J connectivity index is 1.82. The third-order valence-corrected chi connectivity index (χ3v) is 7.84. The van der Waals surface area contributed by atoms with E-state index in [0.29, 0.717) is 32.2 Å². The molecule has 156 valence electrons. The van der Waals surface area contributed by atoms with E-state index in [0.717, 1.165) is 36.1 Å². The molecule has 8 heteroatoms. The van der Waals surface area contributed by atoms with Crippen molar-refractivity contribution in [3.8, 4) is 0 Å². The van der Waals surface area contributed by atoms with E-state index in [1.165, 1.54) is 11.3 Å². The smallest absolute Gasteiger partial charge is 0.324 e. The van der Waals surface area contributed by atoms with Crippen molar-refractivity contribution in [1.29, 1.82) is 0 Å². The van der Waals surface area contributed by atoms with E-state index in [4.69, 9.17) is 28.9 Å². The van der Waals surface area contributed by atoms with Gasteiger partial charge in [0.25, 0.3) is 5.91 Å². The number of anilines is 2. The van der Waals surface area contributed by atoms with E-state index in [1.807, 2.05) is 0 Å². The predicted octanol–water partition coefficient (Wildman–Crippen LogP) is 6.34. The first-order valence-corrected chi connectivity index (χ1v) is 11.2. The van der Waals surface area contributed by atoms with Crippen LogP contribution in [-0.4, -0.2) is 11.9 Å². The van der Waals surface area contributed by atoms with Crippen LogP contribution in [0.5, 0.6) is 0 Å². The van der Waals surface area contributed by atoms with E-state index < -0.39 is 11.9 Å². The number of carbonyl (C=O) groups is 2. The van der Waals surface area contributed by atoms with Gasteiger partial charge in [-0.05, 0) is 54.4 Å². The summed E-state index contributed by atoms with van der Waals surface area (Å²) in [5.74, 6) is 0.0257. The molecule has 5 nitrogen and oxygen atoms in total. The lowest BCUT2D eigenvalue weighted by molar-refractivity contribution is 0.1000. The number of benzene rings is 1. The number of urea groups is 1. The average Bonchev–Trinajstić information content (AvgIpc) is 3.01. The number of nitrogens with two attached hydrogens (primary N) is 1. The Morgan fingerprint density at radius 1 is 1.24 bits per heavy atom. The highest BCUT2D eigenvalue weighted by Crippen LogP contribution is 2.45. The Kier molecular flexibility index (Phi) is 6.46. The fourth-order valence-corrected chi connectivity index (χ4v) is 5.36. The molecular weight excluding hydrogens is 429 g/mol. The highest BCUT2D eigenvalue weighted by atomic mass is 35.5. The maximum atomic E-state index is 12.5. The highest BCUT2D eigenvalue weighted by Gasteiger charge is 2.35. The molecule has 0 fully saturated rings. The molecule has 1 heterocycles. The first-order chi connectivity index (χ1) is 13.6. The van der Waals surface area contributed by atoms with Crippen LogP contribution in [0.2, 0.25) is 10.0 Å². The average molecular weight is 454 g/mol. The summed E-state index contributed by atoms with van der Waals surface area (Å²) in [4.78, 5) is 25.8. The molecule has 3 rings (SSSR count). The third-order valence-electron chi connectivity index (χ3n) is 5.93. The molecule has 29 heavy (non-hydrogen) atoms. The van der Waals surface area contributed by atoms with Gasteiger partial charge in [-0.25, -0.2) is 4.79 Å². The zero-order chi connectivity index (χ0) is 21.3. The standard InChI is InChI=1S/C21H25Cl2N3O2S/c1-4-21(2,3)11-5-7-13-16(9-11)29-19(17(13)18(24)27)26-20(28)25-12-6-8-14(22)15(23)10-12/h6,8,10-11H,4-5,7,9H2,1-3H3,(H2,24,27)(H2,25,26,28). The topological polar surface area (TPSA) is 84.2 Å². The molecule has 0 bridgehead atoms. The maximum absolute atomic E-state index is 12.5. The summed E-state index contributed by atoms with van der Waals surface area (Å²) in [5, 5.41) is 6.75. The van der Waals surface area contributed by atoms with Crippen LogP contribution in [0.4, 0.5) is 15.5 Å². The minimum absolute atomic E-state index is 0.230. The summed E-state index contributed by atoms with van der Waals surface area (Å²) in [7, 11) is 0. The van der Waals surface area contributed by atoms with Crippen molar-refractivity contribution in [2.24, 2.45) is 17.1 Å². The molecule has 1 aliphatic rings. The third kappa shape index (κ3) is 4.71. The van der Waals surface area contributed by atoms with Gasteiger partial charge in [0.2, 0.25) is 0 Å². The summed E-state index contributed by atoms with van der Waals surface area (Å²) < 4.78 is 0. The largest absolute Gasteiger partial charge is 0.365 e. The number of hydrogen-bond acceptors (Lipinski definition) is 3. The SMILES string of the molecule is CCC(C)(C)C1CCc2c(sc(NC(=O)Nc3ccc(Cl)c(Cl)c3)c2C(N)=O)C1. The van der Waals surface area contributed by atoms with Gasteiger partial charge in [-0.15, -0.1) is 11.3 Å². The normalized spacial score (nSPS) is 16.2. The van der Waals surface area contributed by atoms with E-state index in [-0.39, 0.29) is 5.41 Å². The highest BCUT2D eigenvalue weighted by molar-refractivity contribution is 7.17. The van der Waals surface area contributed by atoms with Crippen LogP contribution in [0.25, 0.3) is 0 Å². The minimum atomic E-state index is -0.513.